The van der Waals surface area contributed by atoms with Gasteiger partial charge in [0.2, 0.25) is 0 Å². The molecule has 3 heterocycles. The first-order valence-electron chi connectivity index (χ1n) is 8.80. The summed E-state index contributed by atoms with van der Waals surface area (Å²) in [6, 6.07) is 10.1. The average molecular weight is 385 g/mol. The molecule has 26 heavy (non-hydrogen) atoms. The number of thioether (sulfide) groups is 1. The molecular weight excluding hydrogens is 364 g/mol. The van der Waals surface area contributed by atoms with Gasteiger partial charge in [-0.25, -0.2) is 9.97 Å². The molecule has 0 fully saturated rings. The Kier molecular flexibility index (Phi) is 5.08. The zero-order valence-corrected chi connectivity index (χ0v) is 16.2. The normalized spacial score (nSPS) is 11.6. The number of imidazole rings is 1. The van der Waals surface area contributed by atoms with Crippen LogP contribution in [0.15, 0.2) is 45.7 Å². The van der Waals surface area contributed by atoms with Crippen molar-refractivity contribution in [1.29, 1.82) is 0 Å². The zero-order chi connectivity index (χ0) is 17.9. The fourth-order valence-electron chi connectivity index (χ4n) is 3.02. The number of hydrogen-bond acceptors (Lipinski definition) is 5. The van der Waals surface area contributed by atoms with E-state index in [4.69, 9.17) is 4.98 Å². The van der Waals surface area contributed by atoms with Crippen LogP contribution in [-0.2, 0) is 12.3 Å². The van der Waals surface area contributed by atoms with E-state index in [1.54, 1.807) is 11.8 Å². The highest BCUT2D eigenvalue weighted by Crippen LogP contribution is 2.27. The molecule has 0 saturated heterocycles. The maximum absolute atomic E-state index is 12.1. The lowest BCUT2D eigenvalue weighted by Gasteiger charge is -2.08. The maximum atomic E-state index is 12.1. The van der Waals surface area contributed by atoms with Crippen molar-refractivity contribution in [3.8, 4) is 0 Å². The van der Waals surface area contributed by atoms with Crippen molar-refractivity contribution >= 4 is 44.3 Å². The first kappa shape index (κ1) is 17.3. The van der Waals surface area contributed by atoms with E-state index in [0.29, 0.717) is 16.3 Å². The first-order valence-corrected chi connectivity index (χ1v) is 10.7. The molecule has 134 valence electrons. The molecule has 1 N–H and O–H groups in total. The number of hydrogen-bond donors (Lipinski definition) is 1. The largest absolute Gasteiger partial charge is 0.319 e. The second kappa shape index (κ2) is 7.63. The number of nitrogens with one attached hydrogen (secondary N) is 1. The summed E-state index contributed by atoms with van der Waals surface area (Å²) in [5.74, 6) is 1.29. The Labute approximate surface area is 159 Å². The minimum Gasteiger partial charge on any atom is -0.319 e. The molecule has 0 unspecified atom stereocenters. The topological polar surface area (TPSA) is 63.6 Å². The Morgan fingerprint density at radius 3 is 2.92 bits per heavy atom. The maximum Gasteiger partial charge on any atom is 0.268 e. The Morgan fingerprint density at radius 1 is 1.15 bits per heavy atom. The van der Waals surface area contributed by atoms with Crippen molar-refractivity contribution in [3.63, 3.8) is 0 Å². The number of thiophene rings is 1. The number of aryl methyl sites for hydroxylation is 1. The highest BCUT2D eigenvalue weighted by molar-refractivity contribution is 7.98. The Morgan fingerprint density at radius 2 is 2.04 bits per heavy atom. The molecule has 3 aromatic heterocycles. The Bertz CT molecular complexity index is 1100. The van der Waals surface area contributed by atoms with Crippen LogP contribution >= 0.6 is 23.1 Å². The number of H-pyrrole nitrogens is 1. The van der Waals surface area contributed by atoms with Gasteiger partial charge in [-0.05, 0) is 30.0 Å². The molecule has 5 nitrogen and oxygen atoms in total. The summed E-state index contributed by atoms with van der Waals surface area (Å²) >= 11 is 3.05. The van der Waals surface area contributed by atoms with Gasteiger partial charge in [0.1, 0.15) is 10.5 Å². The lowest BCUT2D eigenvalue weighted by molar-refractivity contribution is 0.579. The molecule has 0 amide bonds. The van der Waals surface area contributed by atoms with Gasteiger partial charge >= 0.3 is 0 Å². The van der Waals surface area contributed by atoms with Crippen LogP contribution in [-0.4, -0.2) is 19.5 Å². The smallest absolute Gasteiger partial charge is 0.268 e. The van der Waals surface area contributed by atoms with Crippen LogP contribution in [0.3, 0.4) is 0 Å². The van der Waals surface area contributed by atoms with Gasteiger partial charge in [0.05, 0.1) is 22.3 Å². The molecule has 0 spiro atoms. The van der Waals surface area contributed by atoms with E-state index in [2.05, 4.69) is 33.6 Å². The van der Waals surface area contributed by atoms with E-state index in [-0.39, 0.29) is 5.56 Å². The van der Waals surface area contributed by atoms with Crippen LogP contribution < -0.4 is 5.56 Å². The van der Waals surface area contributed by atoms with E-state index < -0.39 is 0 Å². The molecule has 1 aromatic carbocycles. The van der Waals surface area contributed by atoms with Crippen molar-refractivity contribution in [2.45, 2.75) is 43.6 Å². The van der Waals surface area contributed by atoms with Crippen molar-refractivity contribution in [2.24, 2.45) is 0 Å². The molecule has 0 radical (unpaired) electrons. The van der Waals surface area contributed by atoms with E-state index in [9.17, 15) is 4.79 Å². The van der Waals surface area contributed by atoms with Gasteiger partial charge in [0, 0.05) is 6.54 Å². The van der Waals surface area contributed by atoms with E-state index in [1.165, 1.54) is 29.7 Å². The molecular formula is C19H20N4OS2. The van der Waals surface area contributed by atoms with Crippen LogP contribution in [0.25, 0.3) is 21.3 Å². The number of fused-ring (bicyclic) bond motifs is 2. The van der Waals surface area contributed by atoms with Crippen molar-refractivity contribution in [3.05, 3.63) is 51.9 Å². The summed E-state index contributed by atoms with van der Waals surface area (Å²) in [6.07, 6.45) is 3.54. The fraction of sp³-hybridized carbons (Fsp3) is 0.316. The summed E-state index contributed by atoms with van der Waals surface area (Å²) in [6.45, 7) is 3.18. The van der Waals surface area contributed by atoms with Gasteiger partial charge < -0.3 is 9.55 Å². The first-order chi connectivity index (χ1) is 12.8. The van der Waals surface area contributed by atoms with Gasteiger partial charge in [0.15, 0.2) is 5.16 Å². The third-order valence-electron chi connectivity index (χ3n) is 4.31. The van der Waals surface area contributed by atoms with Crippen molar-refractivity contribution in [1.82, 2.24) is 19.5 Å². The third kappa shape index (κ3) is 3.41. The number of para-hydroxylation sites is 2. The standard InChI is InChI=1S/C19H20N4OS2/c1-2-3-6-10-23-15-8-5-4-7-13(15)21-19(23)26-12-16-20-14-9-11-25-17(14)18(24)22-16/h4-5,7-9,11H,2-3,6,10,12H2,1H3,(H,20,22,24). The lowest BCUT2D eigenvalue weighted by atomic mass is 10.2. The summed E-state index contributed by atoms with van der Waals surface area (Å²) in [7, 11) is 0. The molecule has 0 bridgehead atoms. The summed E-state index contributed by atoms with van der Waals surface area (Å²) in [5, 5.41) is 2.88. The van der Waals surface area contributed by atoms with Crippen molar-refractivity contribution in [2.75, 3.05) is 0 Å². The predicted molar refractivity (Wildman–Crippen MR) is 109 cm³/mol. The average Bonchev–Trinajstić information content (AvgIpc) is 3.25. The van der Waals surface area contributed by atoms with Gasteiger partial charge in [-0.1, -0.05) is 43.7 Å². The zero-order valence-electron chi connectivity index (χ0n) is 14.6. The molecule has 0 aliphatic carbocycles. The van der Waals surface area contributed by atoms with E-state index >= 15 is 0 Å². The number of unbranched alkanes of at least 4 members (excludes halogenated alkanes) is 2. The van der Waals surface area contributed by atoms with Gasteiger partial charge in [0.25, 0.3) is 5.56 Å². The molecule has 7 heteroatoms. The van der Waals surface area contributed by atoms with Crippen LogP contribution in [0.5, 0.6) is 0 Å². The molecule has 0 aliphatic heterocycles. The quantitative estimate of drug-likeness (QED) is 0.367. The van der Waals surface area contributed by atoms with E-state index in [0.717, 1.165) is 29.2 Å². The minimum atomic E-state index is -0.0583. The number of aromatic nitrogens is 4. The van der Waals surface area contributed by atoms with Crippen molar-refractivity contribution < 1.29 is 0 Å². The number of aromatic amines is 1. The summed E-state index contributed by atoms with van der Waals surface area (Å²) < 4.78 is 2.97. The highest BCUT2D eigenvalue weighted by atomic mass is 32.2. The molecule has 4 rings (SSSR count). The number of benzene rings is 1. The molecule has 4 aromatic rings. The van der Waals surface area contributed by atoms with Crippen LogP contribution in [0.1, 0.15) is 32.0 Å². The molecule has 0 atom stereocenters. The SMILES string of the molecule is CCCCCn1c(SCc2nc3ccsc3c(=O)[nH]2)nc2ccccc21. The lowest BCUT2D eigenvalue weighted by Crippen LogP contribution is -2.09. The third-order valence-corrected chi connectivity index (χ3v) is 6.20. The van der Waals surface area contributed by atoms with Gasteiger partial charge in [-0.2, -0.15) is 0 Å². The second-order valence-electron chi connectivity index (χ2n) is 6.18. The van der Waals surface area contributed by atoms with Crippen LogP contribution in [0.2, 0.25) is 0 Å². The van der Waals surface area contributed by atoms with E-state index in [1.807, 2.05) is 23.6 Å². The number of nitrogens with zero attached hydrogens (tertiary/aromatic N) is 3. The highest BCUT2D eigenvalue weighted by Gasteiger charge is 2.12. The predicted octanol–water partition coefficient (Wildman–Crippen LogP) is 4.82. The minimum absolute atomic E-state index is 0.0583. The van der Waals surface area contributed by atoms with Crippen LogP contribution in [0, 0.1) is 0 Å². The Balaban J connectivity index is 1.61. The fourth-order valence-corrected chi connectivity index (χ4v) is 4.66. The molecule has 0 saturated carbocycles. The Hall–Kier alpha value is -2.12. The number of rotatable bonds is 7. The van der Waals surface area contributed by atoms with Gasteiger partial charge in [-0.3, -0.25) is 4.79 Å². The molecule has 0 aliphatic rings. The van der Waals surface area contributed by atoms with Gasteiger partial charge in [-0.15, -0.1) is 11.3 Å². The second-order valence-corrected chi connectivity index (χ2v) is 8.04. The summed E-state index contributed by atoms with van der Waals surface area (Å²) in [5.41, 5.74) is 2.89. The van der Waals surface area contributed by atoms with Crippen LogP contribution in [0.4, 0.5) is 0 Å². The monoisotopic (exact) mass is 384 g/mol. The summed E-state index contributed by atoms with van der Waals surface area (Å²) in [4.78, 5) is 24.4.